The Hall–Kier alpha value is -2.71. The van der Waals surface area contributed by atoms with Crippen LogP contribution < -0.4 is 10.7 Å². The van der Waals surface area contributed by atoms with Gasteiger partial charge in [0.15, 0.2) is 0 Å². The minimum Gasteiger partial charge on any atom is -0.318 e. The number of hydrogen-bond acceptors (Lipinski definition) is 4. The number of hydrazone groups is 1. The molecule has 2 unspecified atom stereocenters. The van der Waals surface area contributed by atoms with Crippen molar-refractivity contribution in [1.82, 2.24) is 15.7 Å². The summed E-state index contributed by atoms with van der Waals surface area (Å²) >= 11 is 0. The molecule has 2 atom stereocenters. The number of amides is 1. The van der Waals surface area contributed by atoms with E-state index >= 15 is 0 Å². The molecule has 120 valence electrons. The van der Waals surface area contributed by atoms with Crippen LogP contribution in [0.2, 0.25) is 0 Å². The summed E-state index contributed by atoms with van der Waals surface area (Å²) in [4.78, 5) is 15.3. The number of alkyl halides is 3. The topological polar surface area (TPSA) is 66.4 Å². The van der Waals surface area contributed by atoms with Gasteiger partial charge in [-0.05, 0) is 24.3 Å². The van der Waals surface area contributed by atoms with Gasteiger partial charge in [0.1, 0.15) is 17.2 Å². The maximum atomic E-state index is 13.9. The molecule has 0 saturated carbocycles. The Labute approximate surface area is 127 Å². The molecule has 1 amide bonds. The third kappa shape index (κ3) is 3.08. The minimum absolute atomic E-state index is 0.120. The molecular formula is C14H10F4N4O. The fourth-order valence-corrected chi connectivity index (χ4v) is 2.22. The van der Waals surface area contributed by atoms with E-state index in [-0.39, 0.29) is 17.7 Å². The van der Waals surface area contributed by atoms with Crippen molar-refractivity contribution in [1.29, 1.82) is 0 Å². The SMILES string of the molecule is O=C(NC1=CC2C=NNC2C=C1F)c1cccc(C(F)(F)F)n1. The molecular weight excluding hydrogens is 316 g/mol. The van der Waals surface area contributed by atoms with Gasteiger partial charge in [-0.3, -0.25) is 4.79 Å². The molecule has 1 aromatic rings. The number of halogens is 4. The van der Waals surface area contributed by atoms with Crippen molar-refractivity contribution in [3.63, 3.8) is 0 Å². The summed E-state index contributed by atoms with van der Waals surface area (Å²) in [6.45, 7) is 0. The average molecular weight is 326 g/mol. The zero-order valence-electron chi connectivity index (χ0n) is 11.4. The number of fused-ring (bicyclic) bond motifs is 1. The molecule has 1 aromatic heterocycles. The molecule has 5 nitrogen and oxygen atoms in total. The van der Waals surface area contributed by atoms with Gasteiger partial charge in [-0.1, -0.05) is 6.07 Å². The van der Waals surface area contributed by atoms with Gasteiger partial charge in [-0.25, -0.2) is 9.37 Å². The lowest BCUT2D eigenvalue weighted by Crippen LogP contribution is -2.32. The number of nitrogens with one attached hydrogen (secondary N) is 2. The standard InChI is InChI=1S/C14H10F4N4O/c15-8-5-10-7(6-19-22-10)4-11(8)21-13(23)9-2-1-3-12(20-9)14(16,17)18/h1-7,10,22H,(H,21,23). The Morgan fingerprint density at radius 3 is 2.78 bits per heavy atom. The van der Waals surface area contributed by atoms with Crippen LogP contribution in [0.3, 0.4) is 0 Å². The van der Waals surface area contributed by atoms with E-state index in [0.717, 1.165) is 18.2 Å². The highest BCUT2D eigenvalue weighted by Gasteiger charge is 2.33. The van der Waals surface area contributed by atoms with E-state index in [1.165, 1.54) is 12.2 Å². The van der Waals surface area contributed by atoms with E-state index < -0.39 is 29.3 Å². The van der Waals surface area contributed by atoms with Crippen LogP contribution in [0.5, 0.6) is 0 Å². The Morgan fingerprint density at radius 1 is 1.26 bits per heavy atom. The summed E-state index contributed by atoms with van der Waals surface area (Å²) < 4.78 is 51.7. The predicted molar refractivity (Wildman–Crippen MR) is 72.9 cm³/mol. The lowest BCUT2D eigenvalue weighted by atomic mass is 9.95. The molecule has 1 aliphatic carbocycles. The number of carbonyl (C=O) groups excluding carboxylic acids is 1. The molecule has 0 fully saturated rings. The van der Waals surface area contributed by atoms with E-state index in [1.54, 1.807) is 6.21 Å². The number of carbonyl (C=O) groups is 1. The van der Waals surface area contributed by atoms with Crippen LogP contribution in [-0.4, -0.2) is 23.1 Å². The predicted octanol–water partition coefficient (Wildman–Crippen LogP) is 2.15. The van der Waals surface area contributed by atoms with Crippen molar-refractivity contribution in [2.75, 3.05) is 0 Å². The second kappa shape index (κ2) is 5.49. The van der Waals surface area contributed by atoms with Gasteiger partial charge in [0.25, 0.3) is 5.91 Å². The summed E-state index contributed by atoms with van der Waals surface area (Å²) in [7, 11) is 0. The molecule has 2 heterocycles. The van der Waals surface area contributed by atoms with Crippen molar-refractivity contribution in [2.24, 2.45) is 11.0 Å². The van der Waals surface area contributed by atoms with Gasteiger partial charge in [-0.2, -0.15) is 18.3 Å². The Balaban J connectivity index is 1.80. The average Bonchev–Trinajstić information content (AvgIpc) is 2.94. The van der Waals surface area contributed by atoms with Crippen LogP contribution in [0.1, 0.15) is 16.2 Å². The van der Waals surface area contributed by atoms with Gasteiger partial charge in [0, 0.05) is 12.1 Å². The summed E-state index contributed by atoms with van der Waals surface area (Å²) in [5.74, 6) is -1.85. The Morgan fingerprint density at radius 2 is 2.04 bits per heavy atom. The summed E-state index contributed by atoms with van der Waals surface area (Å²) in [6, 6.07) is 2.61. The van der Waals surface area contributed by atoms with E-state index in [9.17, 15) is 22.4 Å². The Bertz CT molecular complexity index is 739. The molecule has 0 aromatic carbocycles. The van der Waals surface area contributed by atoms with Gasteiger partial charge in [0.05, 0.1) is 11.7 Å². The number of aromatic nitrogens is 1. The highest BCUT2D eigenvalue weighted by Crippen LogP contribution is 2.28. The van der Waals surface area contributed by atoms with Crippen molar-refractivity contribution in [3.05, 3.63) is 53.3 Å². The van der Waals surface area contributed by atoms with E-state index in [0.29, 0.717) is 0 Å². The monoisotopic (exact) mass is 326 g/mol. The second-order valence-corrected chi connectivity index (χ2v) is 4.97. The van der Waals surface area contributed by atoms with Gasteiger partial charge in [0.2, 0.25) is 0 Å². The number of allylic oxidation sites excluding steroid dienone is 1. The first-order valence-corrected chi connectivity index (χ1v) is 6.58. The summed E-state index contributed by atoms with van der Waals surface area (Å²) in [5.41, 5.74) is 0.918. The molecule has 0 spiro atoms. The summed E-state index contributed by atoms with van der Waals surface area (Å²) in [5, 5.41) is 6.03. The third-order valence-electron chi connectivity index (χ3n) is 3.35. The van der Waals surface area contributed by atoms with Crippen LogP contribution in [0.15, 0.2) is 47.0 Å². The molecule has 0 saturated heterocycles. The number of hydrogen-bond donors (Lipinski definition) is 2. The molecule has 0 radical (unpaired) electrons. The molecule has 0 bridgehead atoms. The molecule has 2 aliphatic rings. The molecule has 1 aliphatic heterocycles. The molecule has 9 heteroatoms. The minimum atomic E-state index is -4.66. The summed E-state index contributed by atoms with van der Waals surface area (Å²) in [6.07, 6.45) is -0.436. The van der Waals surface area contributed by atoms with Crippen LogP contribution >= 0.6 is 0 Å². The smallest absolute Gasteiger partial charge is 0.318 e. The van der Waals surface area contributed by atoms with E-state index in [1.807, 2.05) is 0 Å². The lowest BCUT2D eigenvalue weighted by molar-refractivity contribution is -0.141. The fraction of sp³-hybridized carbons (Fsp3) is 0.214. The highest BCUT2D eigenvalue weighted by atomic mass is 19.4. The van der Waals surface area contributed by atoms with Crippen molar-refractivity contribution in [2.45, 2.75) is 12.2 Å². The molecule has 3 rings (SSSR count). The third-order valence-corrected chi connectivity index (χ3v) is 3.35. The normalized spacial score (nSPS) is 22.8. The highest BCUT2D eigenvalue weighted by molar-refractivity contribution is 5.94. The van der Waals surface area contributed by atoms with Crippen LogP contribution in [0.25, 0.3) is 0 Å². The molecule has 23 heavy (non-hydrogen) atoms. The van der Waals surface area contributed by atoms with E-state index in [4.69, 9.17) is 0 Å². The van der Waals surface area contributed by atoms with Crippen molar-refractivity contribution in [3.8, 4) is 0 Å². The lowest BCUT2D eigenvalue weighted by Gasteiger charge is -2.19. The second-order valence-electron chi connectivity index (χ2n) is 4.97. The van der Waals surface area contributed by atoms with E-state index in [2.05, 4.69) is 20.8 Å². The number of rotatable bonds is 2. The van der Waals surface area contributed by atoms with Gasteiger partial charge >= 0.3 is 6.18 Å². The number of nitrogens with zero attached hydrogens (tertiary/aromatic N) is 2. The van der Waals surface area contributed by atoms with Crippen LogP contribution in [0, 0.1) is 5.92 Å². The van der Waals surface area contributed by atoms with Gasteiger partial charge in [-0.15, -0.1) is 0 Å². The zero-order chi connectivity index (χ0) is 16.6. The quantitative estimate of drug-likeness (QED) is 0.819. The van der Waals surface area contributed by atoms with Crippen molar-refractivity contribution >= 4 is 12.1 Å². The first-order chi connectivity index (χ1) is 10.8. The zero-order valence-corrected chi connectivity index (χ0v) is 11.4. The maximum Gasteiger partial charge on any atom is 0.433 e. The molecule has 2 N–H and O–H groups in total. The van der Waals surface area contributed by atoms with Crippen molar-refractivity contribution < 1.29 is 22.4 Å². The maximum absolute atomic E-state index is 13.9. The van der Waals surface area contributed by atoms with Gasteiger partial charge < -0.3 is 10.7 Å². The first kappa shape index (κ1) is 15.2. The number of pyridine rings is 1. The largest absolute Gasteiger partial charge is 0.433 e. The first-order valence-electron chi connectivity index (χ1n) is 6.58. The Kier molecular flexibility index (Phi) is 3.63. The fourth-order valence-electron chi connectivity index (χ4n) is 2.22. The van der Waals surface area contributed by atoms with Crippen LogP contribution in [0.4, 0.5) is 17.6 Å². The van der Waals surface area contributed by atoms with Crippen LogP contribution in [-0.2, 0) is 6.18 Å².